The quantitative estimate of drug-likeness (QED) is 0.810. The van der Waals surface area contributed by atoms with Crippen molar-refractivity contribution < 1.29 is 14.3 Å². The van der Waals surface area contributed by atoms with Crippen LogP contribution < -0.4 is 15.4 Å². The largest absolute Gasteiger partial charge is 0.483 e. The molecule has 0 saturated carbocycles. The van der Waals surface area contributed by atoms with Crippen LogP contribution in [-0.4, -0.2) is 56.0 Å². The minimum Gasteiger partial charge on any atom is -0.483 e. The third kappa shape index (κ3) is 4.55. The molecule has 0 radical (unpaired) electrons. The third-order valence-corrected chi connectivity index (χ3v) is 5.19. The van der Waals surface area contributed by atoms with Gasteiger partial charge in [-0.15, -0.1) is 0 Å². The number of rotatable bonds is 6. The van der Waals surface area contributed by atoms with Crippen molar-refractivity contribution in [3.05, 3.63) is 28.8 Å². The van der Waals surface area contributed by atoms with E-state index in [1.54, 1.807) is 0 Å². The summed E-state index contributed by atoms with van der Waals surface area (Å²) in [5.41, 5.74) is 2.40. The van der Waals surface area contributed by atoms with Gasteiger partial charge in [-0.3, -0.25) is 9.59 Å². The molecule has 2 aliphatic heterocycles. The normalized spacial score (nSPS) is 17.5. The van der Waals surface area contributed by atoms with Crippen molar-refractivity contribution in [3.8, 4) is 5.75 Å². The molecule has 0 unspecified atom stereocenters. The first kappa shape index (κ1) is 18.7. The number of hydrogen-bond donors (Lipinski definition) is 2. The Morgan fingerprint density at radius 2 is 1.81 bits per heavy atom. The number of hydrogen-bond acceptors (Lipinski definition) is 4. The van der Waals surface area contributed by atoms with Gasteiger partial charge in [0.15, 0.2) is 6.61 Å². The van der Waals surface area contributed by atoms with Gasteiger partial charge in [-0.05, 0) is 56.4 Å². The summed E-state index contributed by atoms with van der Waals surface area (Å²) in [4.78, 5) is 26.5. The molecule has 1 aromatic rings. The Labute approximate surface area is 155 Å². The number of carbonyl (C=O) groups is 2. The van der Waals surface area contributed by atoms with Gasteiger partial charge in [0.1, 0.15) is 5.75 Å². The van der Waals surface area contributed by atoms with Gasteiger partial charge in [-0.25, -0.2) is 0 Å². The zero-order valence-electron chi connectivity index (χ0n) is 15.8. The molecule has 2 fully saturated rings. The first-order valence-corrected chi connectivity index (χ1v) is 9.55. The fourth-order valence-corrected chi connectivity index (χ4v) is 3.51. The number of nitrogens with zero attached hydrogens (tertiary/aromatic N) is 1. The summed E-state index contributed by atoms with van der Waals surface area (Å²) in [6.07, 6.45) is 3.35. The van der Waals surface area contributed by atoms with Gasteiger partial charge in [0, 0.05) is 44.2 Å². The molecule has 2 N–H and O–H groups in total. The van der Waals surface area contributed by atoms with Gasteiger partial charge in [0.25, 0.3) is 11.8 Å². The molecule has 2 heterocycles. The van der Waals surface area contributed by atoms with Crippen molar-refractivity contribution in [1.29, 1.82) is 0 Å². The van der Waals surface area contributed by atoms with E-state index in [0.29, 0.717) is 23.8 Å². The summed E-state index contributed by atoms with van der Waals surface area (Å²) in [6.45, 7) is 8.19. The number of carbonyl (C=O) groups excluding carboxylic acids is 2. The lowest BCUT2D eigenvalue weighted by atomic mass is 10.0. The Kier molecular flexibility index (Phi) is 6.14. The van der Waals surface area contributed by atoms with Crippen molar-refractivity contribution >= 4 is 11.8 Å². The van der Waals surface area contributed by atoms with E-state index in [1.807, 2.05) is 30.9 Å². The van der Waals surface area contributed by atoms with Crippen molar-refractivity contribution in [2.24, 2.45) is 5.92 Å². The van der Waals surface area contributed by atoms with Gasteiger partial charge < -0.3 is 20.3 Å². The zero-order chi connectivity index (χ0) is 18.5. The number of benzene rings is 1. The zero-order valence-corrected chi connectivity index (χ0v) is 15.8. The summed E-state index contributed by atoms with van der Waals surface area (Å²) >= 11 is 0. The number of nitrogens with one attached hydrogen (secondary N) is 2. The van der Waals surface area contributed by atoms with E-state index in [2.05, 4.69) is 10.6 Å². The van der Waals surface area contributed by atoms with E-state index in [-0.39, 0.29) is 18.4 Å². The molecular weight excluding hydrogens is 330 g/mol. The van der Waals surface area contributed by atoms with Crippen LogP contribution in [0.1, 0.15) is 40.7 Å². The molecule has 2 aliphatic rings. The summed E-state index contributed by atoms with van der Waals surface area (Å²) < 4.78 is 5.81. The maximum absolute atomic E-state index is 12.3. The second kappa shape index (κ2) is 8.54. The fraction of sp³-hybridized carbons (Fsp3) is 0.600. The third-order valence-electron chi connectivity index (χ3n) is 5.19. The van der Waals surface area contributed by atoms with Crippen molar-refractivity contribution in [2.45, 2.75) is 33.1 Å². The average molecular weight is 359 g/mol. The van der Waals surface area contributed by atoms with Crippen LogP contribution in [0.5, 0.6) is 5.75 Å². The van der Waals surface area contributed by atoms with Gasteiger partial charge in [-0.2, -0.15) is 0 Å². The standard InChI is InChI=1S/C20H29N3O3/c1-14-8-17(20(25)22-12-16-10-21-11-16)9-15(2)19(14)26-13-18(24)23-6-4-3-5-7-23/h8-9,16,21H,3-7,10-13H2,1-2H3,(H,22,25). The van der Waals surface area contributed by atoms with Gasteiger partial charge >= 0.3 is 0 Å². The number of amides is 2. The van der Waals surface area contributed by atoms with E-state index in [4.69, 9.17) is 4.74 Å². The smallest absolute Gasteiger partial charge is 0.260 e. The molecule has 2 amide bonds. The monoisotopic (exact) mass is 359 g/mol. The highest BCUT2D eigenvalue weighted by Crippen LogP contribution is 2.25. The minimum absolute atomic E-state index is 0.0411. The molecule has 0 spiro atoms. The van der Waals surface area contributed by atoms with E-state index in [0.717, 1.165) is 50.1 Å². The molecule has 0 atom stereocenters. The minimum atomic E-state index is -0.0564. The molecular formula is C20H29N3O3. The molecule has 0 aromatic heterocycles. The summed E-state index contributed by atoms with van der Waals surface area (Å²) in [6, 6.07) is 3.67. The lowest BCUT2D eigenvalue weighted by molar-refractivity contribution is -0.134. The van der Waals surface area contributed by atoms with E-state index >= 15 is 0 Å². The SMILES string of the molecule is Cc1cc(C(=O)NCC2CNC2)cc(C)c1OCC(=O)N1CCCCC1. The first-order valence-electron chi connectivity index (χ1n) is 9.55. The van der Waals surface area contributed by atoms with Crippen LogP contribution in [0.25, 0.3) is 0 Å². The first-order chi connectivity index (χ1) is 12.5. The predicted octanol–water partition coefficient (Wildman–Crippen LogP) is 1.64. The predicted molar refractivity (Wildman–Crippen MR) is 101 cm³/mol. The Bertz CT molecular complexity index is 641. The van der Waals surface area contributed by atoms with Crippen LogP contribution in [0.2, 0.25) is 0 Å². The molecule has 26 heavy (non-hydrogen) atoms. The summed E-state index contributed by atoms with van der Waals surface area (Å²) in [7, 11) is 0. The molecule has 2 saturated heterocycles. The number of piperidine rings is 1. The molecule has 6 nitrogen and oxygen atoms in total. The maximum atomic E-state index is 12.3. The Morgan fingerprint density at radius 3 is 2.38 bits per heavy atom. The van der Waals surface area contributed by atoms with E-state index < -0.39 is 0 Å². The van der Waals surface area contributed by atoms with Gasteiger partial charge in [0.2, 0.25) is 0 Å². The van der Waals surface area contributed by atoms with E-state index in [9.17, 15) is 9.59 Å². The van der Waals surface area contributed by atoms with Crippen molar-refractivity contribution in [1.82, 2.24) is 15.5 Å². The van der Waals surface area contributed by atoms with Crippen LogP contribution in [0.4, 0.5) is 0 Å². The number of aryl methyl sites for hydroxylation is 2. The van der Waals surface area contributed by atoms with Crippen LogP contribution in [0, 0.1) is 19.8 Å². The van der Waals surface area contributed by atoms with E-state index in [1.165, 1.54) is 6.42 Å². The topological polar surface area (TPSA) is 70.7 Å². The van der Waals surface area contributed by atoms with Crippen LogP contribution >= 0.6 is 0 Å². The molecule has 142 valence electrons. The molecule has 3 rings (SSSR count). The second-order valence-electron chi connectivity index (χ2n) is 7.40. The fourth-order valence-electron chi connectivity index (χ4n) is 3.51. The van der Waals surface area contributed by atoms with Gasteiger partial charge in [0.05, 0.1) is 0 Å². The molecule has 1 aromatic carbocycles. The number of ether oxygens (including phenoxy) is 1. The second-order valence-corrected chi connectivity index (χ2v) is 7.40. The van der Waals surface area contributed by atoms with Crippen LogP contribution in [0.3, 0.4) is 0 Å². The lowest BCUT2D eigenvalue weighted by Crippen LogP contribution is -2.48. The highest BCUT2D eigenvalue weighted by atomic mass is 16.5. The average Bonchev–Trinajstić information content (AvgIpc) is 2.60. The summed E-state index contributed by atoms with van der Waals surface area (Å²) in [5, 5.41) is 6.19. The van der Waals surface area contributed by atoms with Gasteiger partial charge in [-0.1, -0.05) is 0 Å². The Hall–Kier alpha value is -2.08. The van der Waals surface area contributed by atoms with Crippen LogP contribution in [-0.2, 0) is 4.79 Å². The van der Waals surface area contributed by atoms with Crippen molar-refractivity contribution in [3.63, 3.8) is 0 Å². The van der Waals surface area contributed by atoms with Crippen molar-refractivity contribution in [2.75, 3.05) is 39.3 Å². The maximum Gasteiger partial charge on any atom is 0.260 e. The highest BCUT2D eigenvalue weighted by Gasteiger charge is 2.20. The Balaban J connectivity index is 1.57. The summed E-state index contributed by atoms with van der Waals surface area (Å²) in [5.74, 6) is 1.22. The Morgan fingerprint density at radius 1 is 1.15 bits per heavy atom. The lowest BCUT2D eigenvalue weighted by Gasteiger charge is -2.27. The molecule has 0 aliphatic carbocycles. The number of likely N-dealkylation sites (tertiary alicyclic amines) is 1. The molecule has 0 bridgehead atoms. The van der Waals surface area contributed by atoms with Crippen LogP contribution in [0.15, 0.2) is 12.1 Å². The highest BCUT2D eigenvalue weighted by molar-refractivity contribution is 5.95. The molecule has 6 heteroatoms.